The summed E-state index contributed by atoms with van der Waals surface area (Å²) >= 11 is 0. The molecule has 2 amide bonds. The summed E-state index contributed by atoms with van der Waals surface area (Å²) in [4.78, 5) is 30.7. The summed E-state index contributed by atoms with van der Waals surface area (Å²) in [7, 11) is 3.05. The van der Waals surface area contributed by atoms with Crippen LogP contribution in [-0.4, -0.2) is 54.6 Å². The summed E-state index contributed by atoms with van der Waals surface area (Å²) in [6.07, 6.45) is 0.559. The Morgan fingerprint density at radius 3 is 2.82 bits per heavy atom. The summed E-state index contributed by atoms with van der Waals surface area (Å²) in [5.41, 5.74) is 6.50. The molecule has 0 unspecified atom stereocenters. The largest absolute Gasteiger partial charge is 0.482 e. The molecule has 34 heavy (non-hydrogen) atoms. The predicted molar refractivity (Wildman–Crippen MR) is 124 cm³/mol. The lowest BCUT2D eigenvalue weighted by Crippen LogP contribution is -2.34. The first-order chi connectivity index (χ1) is 16.2. The standard InChI is InChI=1S/C23H24FN7O3/c1-12-16-7-14(24)4-5-15(16)23(33)31(3)11-17(27)21(18(8-25)28-2)13-6-19(34-12)22(29-10-13)30-20(32)9-26/h4-7,10,12,27-28H,9,11,26H2,1-3H3,(H,29,30,32)/b21-18-,27-17?/t12-/m1/s1. The maximum atomic E-state index is 14.1. The fourth-order valence-corrected chi connectivity index (χ4v) is 3.57. The number of rotatable bonds is 3. The van der Waals surface area contributed by atoms with Gasteiger partial charge >= 0.3 is 0 Å². The van der Waals surface area contributed by atoms with Crippen molar-refractivity contribution in [2.24, 2.45) is 5.73 Å². The van der Waals surface area contributed by atoms with Crippen molar-refractivity contribution in [3.63, 3.8) is 0 Å². The predicted octanol–water partition coefficient (Wildman–Crippen LogP) is 1.82. The summed E-state index contributed by atoms with van der Waals surface area (Å²) in [5, 5.41) is 23.6. The van der Waals surface area contributed by atoms with Crippen LogP contribution in [0.3, 0.4) is 0 Å². The van der Waals surface area contributed by atoms with Crippen LogP contribution in [0.25, 0.3) is 5.57 Å². The number of ether oxygens (including phenoxy) is 1. The highest BCUT2D eigenvalue weighted by atomic mass is 19.1. The van der Waals surface area contributed by atoms with Gasteiger partial charge in [0.1, 0.15) is 23.7 Å². The molecule has 0 aliphatic carbocycles. The number of amides is 2. The second-order valence-corrected chi connectivity index (χ2v) is 7.57. The van der Waals surface area contributed by atoms with Gasteiger partial charge in [-0.25, -0.2) is 9.37 Å². The molecule has 2 heterocycles. The number of nitrogens with one attached hydrogen (secondary N) is 3. The number of hydrogen-bond acceptors (Lipinski definition) is 8. The van der Waals surface area contributed by atoms with E-state index in [-0.39, 0.29) is 52.8 Å². The molecule has 0 radical (unpaired) electrons. The third-order valence-corrected chi connectivity index (χ3v) is 5.23. The minimum absolute atomic E-state index is 0.0365. The molecule has 1 aliphatic heterocycles. The molecule has 11 heteroatoms. The van der Waals surface area contributed by atoms with E-state index in [9.17, 15) is 19.2 Å². The van der Waals surface area contributed by atoms with Gasteiger partial charge in [0.05, 0.1) is 18.8 Å². The highest BCUT2D eigenvalue weighted by molar-refractivity contribution is 6.25. The number of aromatic nitrogens is 1. The first-order valence-corrected chi connectivity index (χ1v) is 10.3. The van der Waals surface area contributed by atoms with Gasteiger partial charge in [0, 0.05) is 42.6 Å². The van der Waals surface area contributed by atoms with Gasteiger partial charge in [-0.15, -0.1) is 0 Å². The zero-order valence-corrected chi connectivity index (χ0v) is 18.9. The highest BCUT2D eigenvalue weighted by Crippen LogP contribution is 2.34. The van der Waals surface area contributed by atoms with Gasteiger partial charge in [-0.05, 0) is 31.2 Å². The lowest BCUT2D eigenvalue weighted by molar-refractivity contribution is -0.114. The van der Waals surface area contributed by atoms with Gasteiger partial charge in [-0.1, -0.05) is 0 Å². The number of halogens is 1. The molecule has 0 saturated carbocycles. The molecule has 176 valence electrons. The summed E-state index contributed by atoms with van der Waals surface area (Å²) in [6, 6.07) is 7.27. The van der Waals surface area contributed by atoms with Crippen molar-refractivity contribution in [2.45, 2.75) is 13.0 Å². The van der Waals surface area contributed by atoms with Gasteiger partial charge in [0.25, 0.3) is 5.91 Å². The summed E-state index contributed by atoms with van der Waals surface area (Å²) in [5.74, 6) is -1.36. The number of benzene rings is 1. The van der Waals surface area contributed by atoms with Gasteiger partial charge in [0.15, 0.2) is 11.6 Å². The number of allylic oxidation sites excluding steroid dienone is 1. The zero-order chi connectivity index (χ0) is 25.0. The van der Waals surface area contributed by atoms with Crippen molar-refractivity contribution in [1.29, 1.82) is 10.7 Å². The quantitative estimate of drug-likeness (QED) is 0.504. The van der Waals surface area contributed by atoms with Crippen LogP contribution < -0.4 is 21.1 Å². The Kier molecular flexibility index (Phi) is 7.23. The second-order valence-electron chi connectivity index (χ2n) is 7.57. The van der Waals surface area contributed by atoms with Crippen molar-refractivity contribution >= 4 is 28.9 Å². The van der Waals surface area contributed by atoms with Crippen molar-refractivity contribution < 1.29 is 18.7 Å². The topological polar surface area (TPSA) is 157 Å². The molecule has 5 N–H and O–H groups in total. The van der Waals surface area contributed by atoms with Gasteiger partial charge < -0.3 is 31.4 Å². The van der Waals surface area contributed by atoms with Crippen molar-refractivity contribution in [3.8, 4) is 11.8 Å². The van der Waals surface area contributed by atoms with E-state index < -0.39 is 23.7 Å². The van der Waals surface area contributed by atoms with E-state index in [2.05, 4.69) is 15.6 Å². The van der Waals surface area contributed by atoms with Crippen LogP contribution in [0.15, 0.2) is 36.2 Å². The molecule has 3 rings (SSSR count). The van der Waals surface area contributed by atoms with E-state index in [0.717, 1.165) is 0 Å². The first kappa shape index (κ1) is 24.3. The van der Waals surface area contributed by atoms with E-state index in [1.165, 1.54) is 49.5 Å². The first-order valence-electron chi connectivity index (χ1n) is 10.3. The lowest BCUT2D eigenvalue weighted by Gasteiger charge is -2.25. The number of fused-ring (bicyclic) bond motifs is 3. The minimum atomic E-state index is -0.820. The number of nitrogens with two attached hydrogens (primary N) is 1. The number of pyridine rings is 1. The number of nitriles is 1. The van der Waals surface area contributed by atoms with Crippen LogP contribution in [0, 0.1) is 22.6 Å². The fourth-order valence-electron chi connectivity index (χ4n) is 3.57. The van der Waals surface area contributed by atoms with E-state index in [1.807, 2.05) is 6.07 Å². The molecule has 0 saturated heterocycles. The average Bonchev–Trinajstić information content (AvgIpc) is 2.82. The molecule has 1 aromatic carbocycles. The average molecular weight is 465 g/mol. The van der Waals surface area contributed by atoms with Crippen LogP contribution in [0.5, 0.6) is 5.75 Å². The SMILES string of the molecule is CN/C(C#N)=C1\C(=N)CN(C)C(=O)c2ccc(F)cc2[C@@H](C)Oc2cc1cnc2NC(=O)CN. The van der Waals surface area contributed by atoms with Crippen LogP contribution in [0.4, 0.5) is 10.2 Å². The maximum absolute atomic E-state index is 14.1. The molecule has 10 nitrogen and oxygen atoms in total. The second kappa shape index (κ2) is 10.1. The minimum Gasteiger partial charge on any atom is -0.482 e. The third-order valence-electron chi connectivity index (χ3n) is 5.23. The highest BCUT2D eigenvalue weighted by Gasteiger charge is 2.26. The normalized spacial score (nSPS) is 17.4. The Hall–Kier alpha value is -4.30. The molecule has 2 aromatic rings. The molecular formula is C23H24FN7O3. The molecule has 1 aliphatic rings. The van der Waals surface area contributed by atoms with Crippen molar-refractivity contribution in [3.05, 3.63) is 58.7 Å². The number of carbonyl (C=O) groups is 2. The Balaban J connectivity index is 2.29. The molecule has 1 aromatic heterocycles. The van der Waals surface area contributed by atoms with Crippen LogP contribution in [0.1, 0.15) is 34.5 Å². The summed E-state index contributed by atoms with van der Waals surface area (Å²) in [6.45, 7) is 1.21. The van der Waals surface area contributed by atoms with E-state index in [0.29, 0.717) is 5.56 Å². The molecule has 0 fully saturated rings. The summed E-state index contributed by atoms with van der Waals surface area (Å²) < 4.78 is 20.2. The maximum Gasteiger partial charge on any atom is 0.254 e. The number of anilines is 1. The van der Waals surface area contributed by atoms with Gasteiger partial charge in [-0.2, -0.15) is 5.26 Å². The smallest absolute Gasteiger partial charge is 0.254 e. The fraction of sp³-hybridized carbons (Fsp3) is 0.261. The Morgan fingerprint density at radius 1 is 1.44 bits per heavy atom. The molecule has 0 spiro atoms. The van der Waals surface area contributed by atoms with Gasteiger partial charge in [-0.3, -0.25) is 9.59 Å². The number of hydrogen-bond donors (Lipinski definition) is 4. The van der Waals surface area contributed by atoms with Crippen molar-refractivity contribution in [1.82, 2.24) is 15.2 Å². The van der Waals surface area contributed by atoms with E-state index in [4.69, 9.17) is 15.9 Å². The number of nitrogens with zero attached hydrogens (tertiary/aromatic N) is 3. The lowest BCUT2D eigenvalue weighted by atomic mass is 9.98. The molecular weight excluding hydrogens is 441 g/mol. The molecule has 2 bridgehead atoms. The van der Waals surface area contributed by atoms with Crippen LogP contribution >= 0.6 is 0 Å². The third kappa shape index (κ3) is 4.87. The Labute approximate surface area is 195 Å². The Bertz CT molecular complexity index is 1240. The number of carbonyl (C=O) groups excluding carboxylic acids is 2. The monoisotopic (exact) mass is 465 g/mol. The van der Waals surface area contributed by atoms with E-state index >= 15 is 0 Å². The van der Waals surface area contributed by atoms with Crippen LogP contribution in [0.2, 0.25) is 0 Å². The van der Waals surface area contributed by atoms with Gasteiger partial charge in [0.2, 0.25) is 5.91 Å². The molecule has 1 atom stereocenters. The Morgan fingerprint density at radius 2 is 2.18 bits per heavy atom. The van der Waals surface area contributed by atoms with Crippen LogP contribution in [-0.2, 0) is 4.79 Å². The van der Waals surface area contributed by atoms with E-state index in [1.54, 1.807) is 6.92 Å². The zero-order valence-electron chi connectivity index (χ0n) is 18.9. The van der Waals surface area contributed by atoms with Crippen molar-refractivity contribution in [2.75, 3.05) is 32.5 Å².